The van der Waals surface area contributed by atoms with Crippen molar-refractivity contribution in [1.82, 2.24) is 0 Å². The fourth-order valence-corrected chi connectivity index (χ4v) is 2.24. The summed E-state index contributed by atoms with van der Waals surface area (Å²) < 4.78 is 0. The molecule has 1 aliphatic heterocycles. The Kier molecular flexibility index (Phi) is 3.29. The molecule has 1 saturated heterocycles. The van der Waals surface area contributed by atoms with Crippen LogP contribution in [0, 0.1) is 17.2 Å². The van der Waals surface area contributed by atoms with Crippen molar-refractivity contribution in [2.75, 3.05) is 18.0 Å². The minimum Gasteiger partial charge on any atom is -0.481 e. The second-order valence-electron chi connectivity index (χ2n) is 4.25. The molecule has 0 spiro atoms. The molecule has 1 heterocycles. The van der Waals surface area contributed by atoms with Gasteiger partial charge in [-0.05, 0) is 25.0 Å². The molecule has 1 aromatic rings. The molecule has 4 nitrogen and oxygen atoms in total. The van der Waals surface area contributed by atoms with Crippen LogP contribution < -0.4 is 4.90 Å². The minimum absolute atomic E-state index is 0.324. The van der Waals surface area contributed by atoms with Crippen LogP contribution in [-0.4, -0.2) is 24.2 Å². The third kappa shape index (κ3) is 2.39. The van der Waals surface area contributed by atoms with Gasteiger partial charge >= 0.3 is 5.97 Å². The molecule has 0 unspecified atom stereocenters. The lowest BCUT2D eigenvalue weighted by Gasteiger charge is -2.33. The van der Waals surface area contributed by atoms with Crippen LogP contribution in [0.1, 0.15) is 18.4 Å². The van der Waals surface area contributed by atoms with Crippen molar-refractivity contribution < 1.29 is 9.90 Å². The van der Waals surface area contributed by atoms with Gasteiger partial charge in [-0.3, -0.25) is 4.79 Å². The minimum atomic E-state index is -0.746. The summed E-state index contributed by atoms with van der Waals surface area (Å²) in [4.78, 5) is 13.0. The normalized spacial score (nSPS) is 19.7. The van der Waals surface area contributed by atoms with E-state index in [1.54, 1.807) is 6.07 Å². The fourth-order valence-electron chi connectivity index (χ4n) is 2.24. The molecule has 2 rings (SSSR count). The zero-order valence-corrected chi connectivity index (χ0v) is 9.47. The highest BCUT2D eigenvalue weighted by molar-refractivity contribution is 5.72. The Morgan fingerprint density at radius 3 is 2.94 bits per heavy atom. The third-order valence-electron chi connectivity index (χ3n) is 3.14. The van der Waals surface area contributed by atoms with Crippen molar-refractivity contribution in [2.45, 2.75) is 12.8 Å². The van der Waals surface area contributed by atoms with Crippen molar-refractivity contribution >= 4 is 11.7 Å². The molecule has 0 aliphatic carbocycles. The lowest BCUT2D eigenvalue weighted by atomic mass is 9.97. The van der Waals surface area contributed by atoms with E-state index in [0.29, 0.717) is 12.1 Å². The van der Waals surface area contributed by atoms with Crippen LogP contribution in [0.15, 0.2) is 24.3 Å². The summed E-state index contributed by atoms with van der Waals surface area (Å²) in [5.41, 5.74) is 1.46. The van der Waals surface area contributed by atoms with E-state index in [0.717, 1.165) is 25.1 Å². The van der Waals surface area contributed by atoms with Gasteiger partial charge in [0.25, 0.3) is 0 Å². The summed E-state index contributed by atoms with van der Waals surface area (Å²) in [6.45, 7) is 1.32. The SMILES string of the molecule is N#Cc1ccccc1N1CCC[C@@H](C(=O)O)C1. The van der Waals surface area contributed by atoms with Crippen molar-refractivity contribution in [2.24, 2.45) is 5.92 Å². The van der Waals surface area contributed by atoms with Crippen LogP contribution in [-0.2, 0) is 4.79 Å². The Morgan fingerprint density at radius 1 is 1.47 bits per heavy atom. The van der Waals surface area contributed by atoms with E-state index in [1.165, 1.54) is 0 Å². The van der Waals surface area contributed by atoms with Crippen LogP contribution >= 0.6 is 0 Å². The summed E-state index contributed by atoms with van der Waals surface area (Å²) in [7, 11) is 0. The zero-order chi connectivity index (χ0) is 12.3. The van der Waals surface area contributed by atoms with Crippen molar-refractivity contribution in [1.29, 1.82) is 5.26 Å². The summed E-state index contributed by atoms with van der Waals surface area (Å²) in [5, 5.41) is 18.1. The maximum Gasteiger partial charge on any atom is 0.308 e. The first-order valence-electron chi connectivity index (χ1n) is 5.69. The average molecular weight is 230 g/mol. The Balaban J connectivity index is 2.22. The van der Waals surface area contributed by atoms with Crippen LogP contribution in [0.3, 0.4) is 0 Å². The van der Waals surface area contributed by atoms with E-state index >= 15 is 0 Å². The van der Waals surface area contributed by atoms with Crippen LogP contribution in [0.25, 0.3) is 0 Å². The van der Waals surface area contributed by atoms with Gasteiger partial charge in [-0.15, -0.1) is 0 Å². The number of nitriles is 1. The molecule has 0 bridgehead atoms. The monoisotopic (exact) mass is 230 g/mol. The largest absolute Gasteiger partial charge is 0.481 e. The predicted octanol–water partition coefficient (Wildman–Crippen LogP) is 1.86. The molecular weight excluding hydrogens is 216 g/mol. The number of rotatable bonds is 2. The van der Waals surface area contributed by atoms with E-state index < -0.39 is 5.97 Å². The molecule has 1 aliphatic rings. The van der Waals surface area contributed by atoms with E-state index in [2.05, 4.69) is 6.07 Å². The van der Waals surface area contributed by atoms with Crippen molar-refractivity contribution in [3.05, 3.63) is 29.8 Å². The number of para-hydroxylation sites is 1. The molecule has 0 radical (unpaired) electrons. The van der Waals surface area contributed by atoms with Crippen molar-refractivity contribution in [3.8, 4) is 6.07 Å². The number of piperidine rings is 1. The van der Waals surface area contributed by atoms with E-state index in [1.807, 2.05) is 23.1 Å². The Bertz CT molecular complexity index is 465. The lowest BCUT2D eigenvalue weighted by molar-refractivity contribution is -0.141. The number of carboxylic acid groups (broad SMARTS) is 1. The summed E-state index contributed by atoms with van der Waals surface area (Å²) in [5.74, 6) is -1.07. The van der Waals surface area contributed by atoms with Crippen LogP contribution in [0.4, 0.5) is 5.69 Å². The maximum atomic E-state index is 11.0. The number of nitrogens with zero attached hydrogens (tertiary/aromatic N) is 2. The molecule has 17 heavy (non-hydrogen) atoms. The zero-order valence-electron chi connectivity index (χ0n) is 9.47. The smallest absolute Gasteiger partial charge is 0.308 e. The highest BCUT2D eigenvalue weighted by atomic mass is 16.4. The Hall–Kier alpha value is -2.02. The van der Waals surface area contributed by atoms with Gasteiger partial charge in [0.1, 0.15) is 6.07 Å². The molecule has 1 aromatic carbocycles. The highest BCUT2D eigenvalue weighted by Gasteiger charge is 2.26. The fraction of sp³-hybridized carbons (Fsp3) is 0.385. The first-order chi connectivity index (χ1) is 8.22. The number of carboxylic acids is 1. The van der Waals surface area contributed by atoms with E-state index in [4.69, 9.17) is 10.4 Å². The second kappa shape index (κ2) is 4.88. The second-order valence-corrected chi connectivity index (χ2v) is 4.25. The quantitative estimate of drug-likeness (QED) is 0.842. The first-order valence-corrected chi connectivity index (χ1v) is 5.69. The molecular formula is C13H14N2O2. The van der Waals surface area contributed by atoms with Gasteiger partial charge in [0.2, 0.25) is 0 Å². The van der Waals surface area contributed by atoms with Gasteiger partial charge in [0, 0.05) is 13.1 Å². The highest BCUT2D eigenvalue weighted by Crippen LogP contribution is 2.25. The first kappa shape index (κ1) is 11.5. The molecule has 0 aromatic heterocycles. The van der Waals surface area contributed by atoms with Gasteiger partial charge in [0.15, 0.2) is 0 Å². The Labute approximate surface area is 100 Å². The van der Waals surface area contributed by atoms with E-state index in [-0.39, 0.29) is 5.92 Å². The number of hydrogen-bond acceptors (Lipinski definition) is 3. The molecule has 88 valence electrons. The molecule has 0 amide bonds. The molecule has 4 heteroatoms. The topological polar surface area (TPSA) is 64.3 Å². The Morgan fingerprint density at radius 2 is 2.24 bits per heavy atom. The van der Waals surface area contributed by atoms with Crippen LogP contribution in [0.2, 0.25) is 0 Å². The van der Waals surface area contributed by atoms with Gasteiger partial charge in [0.05, 0.1) is 17.2 Å². The number of aliphatic carboxylic acids is 1. The van der Waals surface area contributed by atoms with Crippen LogP contribution in [0.5, 0.6) is 0 Å². The predicted molar refractivity (Wildman–Crippen MR) is 63.7 cm³/mol. The van der Waals surface area contributed by atoms with E-state index in [9.17, 15) is 4.79 Å². The molecule has 1 atom stereocenters. The molecule has 0 saturated carbocycles. The summed E-state index contributed by atoms with van der Waals surface area (Å²) in [6.07, 6.45) is 1.58. The van der Waals surface area contributed by atoms with Gasteiger partial charge in [-0.2, -0.15) is 5.26 Å². The number of benzene rings is 1. The summed E-state index contributed by atoms with van der Waals surface area (Å²) in [6, 6.07) is 9.48. The average Bonchev–Trinajstić information content (AvgIpc) is 2.39. The number of carbonyl (C=O) groups is 1. The summed E-state index contributed by atoms with van der Waals surface area (Å²) >= 11 is 0. The van der Waals surface area contributed by atoms with Gasteiger partial charge in [-0.25, -0.2) is 0 Å². The number of hydrogen-bond donors (Lipinski definition) is 1. The third-order valence-corrected chi connectivity index (χ3v) is 3.14. The van der Waals surface area contributed by atoms with Crippen molar-refractivity contribution in [3.63, 3.8) is 0 Å². The molecule has 1 N–H and O–H groups in total. The lowest BCUT2D eigenvalue weighted by Crippen LogP contribution is -2.39. The standard InChI is InChI=1S/C13H14N2O2/c14-8-10-4-1-2-6-12(10)15-7-3-5-11(9-15)13(16)17/h1-2,4,6,11H,3,5,7,9H2,(H,16,17)/t11-/m1/s1. The van der Waals surface area contributed by atoms with Gasteiger partial charge < -0.3 is 10.0 Å². The number of anilines is 1. The van der Waals surface area contributed by atoms with Gasteiger partial charge in [-0.1, -0.05) is 12.1 Å². The molecule has 1 fully saturated rings. The maximum absolute atomic E-state index is 11.0.